The minimum absolute atomic E-state index is 0.0846. The number of carboxylic acid groups (broad SMARTS) is 1. The van der Waals surface area contributed by atoms with Crippen molar-refractivity contribution < 1.29 is 9.90 Å². The third-order valence-corrected chi connectivity index (χ3v) is 4.47. The lowest BCUT2D eigenvalue weighted by Crippen LogP contribution is -2.01. The first-order chi connectivity index (χ1) is 12.2. The summed E-state index contributed by atoms with van der Waals surface area (Å²) >= 11 is 1.07. The summed E-state index contributed by atoms with van der Waals surface area (Å²) in [6, 6.07) is 16.0. The molecule has 6 heteroatoms. The smallest absolute Gasteiger partial charge is 0.313 e. The standard InChI is InChI=1S/C17H11N3O2S.C2H6/c21-14(22)9-23-17-18-15-12-7-3-1-5-10(12)11-6-2-4-8-13(11)16(15)19-20-17;1-2/h1-8H,9H2,(H,21,22);1-2H3. The second-order valence-corrected chi connectivity index (χ2v) is 6.01. The van der Waals surface area contributed by atoms with Crippen molar-refractivity contribution in [1.29, 1.82) is 0 Å². The van der Waals surface area contributed by atoms with Crippen molar-refractivity contribution in [1.82, 2.24) is 15.2 Å². The van der Waals surface area contributed by atoms with Crippen molar-refractivity contribution in [2.45, 2.75) is 19.0 Å². The van der Waals surface area contributed by atoms with Crippen LogP contribution in [0.15, 0.2) is 53.7 Å². The summed E-state index contributed by atoms with van der Waals surface area (Å²) in [5.41, 5.74) is 1.49. The molecule has 1 aromatic heterocycles. The zero-order chi connectivity index (χ0) is 17.8. The number of thioether (sulfide) groups is 1. The monoisotopic (exact) mass is 351 g/mol. The van der Waals surface area contributed by atoms with Crippen LogP contribution in [0, 0.1) is 0 Å². The van der Waals surface area contributed by atoms with Crippen molar-refractivity contribution in [3.05, 3.63) is 48.5 Å². The highest BCUT2D eigenvalue weighted by molar-refractivity contribution is 7.99. The van der Waals surface area contributed by atoms with Gasteiger partial charge < -0.3 is 5.11 Å². The summed E-state index contributed by atoms with van der Waals surface area (Å²) in [5, 5.41) is 21.8. The minimum atomic E-state index is -0.901. The van der Waals surface area contributed by atoms with Crippen LogP contribution in [0.1, 0.15) is 13.8 Å². The molecule has 0 aliphatic rings. The maximum atomic E-state index is 10.7. The van der Waals surface area contributed by atoms with Crippen LogP contribution in [0.3, 0.4) is 0 Å². The molecule has 126 valence electrons. The molecule has 0 amide bonds. The van der Waals surface area contributed by atoms with Crippen LogP contribution >= 0.6 is 11.8 Å². The second kappa shape index (κ2) is 7.44. The van der Waals surface area contributed by atoms with Crippen LogP contribution in [-0.2, 0) is 4.79 Å². The average Bonchev–Trinajstić information content (AvgIpc) is 2.68. The van der Waals surface area contributed by atoms with E-state index in [0.29, 0.717) is 5.16 Å². The maximum absolute atomic E-state index is 10.7. The summed E-state index contributed by atoms with van der Waals surface area (Å²) in [6.45, 7) is 4.00. The predicted octanol–water partition coefficient (Wildman–Crippen LogP) is 4.53. The zero-order valence-corrected chi connectivity index (χ0v) is 14.7. The molecule has 3 aromatic carbocycles. The molecule has 25 heavy (non-hydrogen) atoms. The molecule has 0 aliphatic heterocycles. The fraction of sp³-hybridized carbons (Fsp3) is 0.158. The van der Waals surface area contributed by atoms with Crippen LogP contribution in [0.5, 0.6) is 0 Å². The number of nitrogens with zero attached hydrogens (tertiary/aromatic N) is 3. The Kier molecular flexibility index (Phi) is 5.09. The molecule has 0 saturated heterocycles. The van der Waals surface area contributed by atoms with Gasteiger partial charge in [-0.3, -0.25) is 4.79 Å². The van der Waals surface area contributed by atoms with Gasteiger partial charge in [0.25, 0.3) is 0 Å². The normalized spacial score (nSPS) is 10.6. The van der Waals surface area contributed by atoms with Gasteiger partial charge >= 0.3 is 5.97 Å². The van der Waals surface area contributed by atoms with Gasteiger partial charge in [0.05, 0.1) is 5.75 Å². The number of benzene rings is 3. The number of aromatic nitrogens is 3. The van der Waals surface area contributed by atoms with Gasteiger partial charge in [-0.15, -0.1) is 10.2 Å². The van der Waals surface area contributed by atoms with Gasteiger partial charge in [0.15, 0.2) is 0 Å². The van der Waals surface area contributed by atoms with E-state index < -0.39 is 5.97 Å². The van der Waals surface area contributed by atoms with E-state index >= 15 is 0 Å². The molecule has 5 nitrogen and oxygen atoms in total. The number of rotatable bonds is 3. The molecule has 0 fully saturated rings. The van der Waals surface area contributed by atoms with Crippen molar-refractivity contribution >= 4 is 50.3 Å². The van der Waals surface area contributed by atoms with Gasteiger partial charge in [0, 0.05) is 10.8 Å². The first kappa shape index (κ1) is 17.1. The molecule has 0 atom stereocenters. The summed E-state index contributed by atoms with van der Waals surface area (Å²) < 4.78 is 0. The Morgan fingerprint density at radius 3 is 1.96 bits per heavy atom. The molecule has 0 aliphatic carbocycles. The SMILES string of the molecule is CC.O=C(O)CSc1nnc2c3ccccc3c3ccccc3c2n1. The van der Waals surface area contributed by atoms with Crippen molar-refractivity contribution in [2.24, 2.45) is 0 Å². The van der Waals surface area contributed by atoms with E-state index in [-0.39, 0.29) is 5.75 Å². The highest BCUT2D eigenvalue weighted by Crippen LogP contribution is 2.33. The lowest BCUT2D eigenvalue weighted by atomic mass is 10.00. The van der Waals surface area contributed by atoms with Gasteiger partial charge in [-0.1, -0.05) is 74.1 Å². The minimum Gasteiger partial charge on any atom is -0.481 e. The number of hydrogen-bond donors (Lipinski definition) is 1. The van der Waals surface area contributed by atoms with E-state index in [2.05, 4.69) is 27.3 Å². The van der Waals surface area contributed by atoms with Crippen molar-refractivity contribution in [2.75, 3.05) is 5.75 Å². The van der Waals surface area contributed by atoms with E-state index in [4.69, 9.17) is 5.11 Å². The van der Waals surface area contributed by atoms with E-state index in [0.717, 1.165) is 44.3 Å². The largest absolute Gasteiger partial charge is 0.481 e. The van der Waals surface area contributed by atoms with Gasteiger partial charge in [-0.2, -0.15) is 0 Å². The topological polar surface area (TPSA) is 76.0 Å². The molecule has 0 bridgehead atoms. The number of fused-ring (bicyclic) bond motifs is 6. The van der Waals surface area contributed by atoms with Crippen LogP contribution in [0.2, 0.25) is 0 Å². The molecular weight excluding hydrogens is 334 g/mol. The Hall–Kier alpha value is -2.73. The van der Waals surface area contributed by atoms with E-state index in [1.54, 1.807) is 0 Å². The summed E-state index contributed by atoms with van der Waals surface area (Å²) in [5.74, 6) is -0.985. The lowest BCUT2D eigenvalue weighted by molar-refractivity contribution is -0.133. The zero-order valence-electron chi connectivity index (χ0n) is 13.9. The van der Waals surface area contributed by atoms with Crippen LogP contribution < -0.4 is 0 Å². The Morgan fingerprint density at radius 2 is 1.40 bits per heavy atom. The Morgan fingerprint density at radius 1 is 0.880 bits per heavy atom. The first-order valence-corrected chi connectivity index (χ1v) is 9.01. The van der Waals surface area contributed by atoms with Gasteiger partial charge in [0.2, 0.25) is 5.16 Å². The molecular formula is C19H17N3O2S. The number of hydrogen-bond acceptors (Lipinski definition) is 5. The molecule has 4 rings (SSSR count). The number of carbonyl (C=O) groups is 1. The third kappa shape index (κ3) is 3.25. The molecule has 0 radical (unpaired) electrons. The third-order valence-electron chi connectivity index (χ3n) is 3.65. The van der Waals surface area contributed by atoms with E-state index in [1.807, 2.05) is 50.2 Å². The fourth-order valence-corrected chi connectivity index (χ4v) is 3.22. The van der Waals surface area contributed by atoms with Crippen LogP contribution in [0.25, 0.3) is 32.6 Å². The first-order valence-electron chi connectivity index (χ1n) is 8.02. The van der Waals surface area contributed by atoms with Crippen molar-refractivity contribution in [3.63, 3.8) is 0 Å². The number of carboxylic acids is 1. The Balaban J connectivity index is 0.000000880. The average molecular weight is 351 g/mol. The Labute approximate surface area is 149 Å². The second-order valence-electron chi connectivity index (χ2n) is 5.07. The highest BCUT2D eigenvalue weighted by atomic mass is 32.2. The van der Waals surface area contributed by atoms with Crippen LogP contribution in [0.4, 0.5) is 0 Å². The fourth-order valence-electron chi connectivity index (χ4n) is 2.72. The molecule has 0 saturated carbocycles. The molecule has 0 spiro atoms. The predicted molar refractivity (Wildman–Crippen MR) is 102 cm³/mol. The molecule has 0 unspecified atom stereocenters. The van der Waals surface area contributed by atoms with Crippen LogP contribution in [-0.4, -0.2) is 32.0 Å². The van der Waals surface area contributed by atoms with Gasteiger partial charge in [0.1, 0.15) is 11.0 Å². The summed E-state index contributed by atoms with van der Waals surface area (Å²) in [6.07, 6.45) is 0. The summed E-state index contributed by atoms with van der Waals surface area (Å²) in [4.78, 5) is 15.3. The molecule has 4 aromatic rings. The van der Waals surface area contributed by atoms with Gasteiger partial charge in [-0.25, -0.2) is 4.98 Å². The highest BCUT2D eigenvalue weighted by Gasteiger charge is 2.12. The van der Waals surface area contributed by atoms with E-state index in [1.165, 1.54) is 0 Å². The maximum Gasteiger partial charge on any atom is 0.313 e. The quantitative estimate of drug-likeness (QED) is 0.431. The Bertz CT molecular complexity index is 1030. The van der Waals surface area contributed by atoms with E-state index in [9.17, 15) is 4.79 Å². The molecule has 1 N–H and O–H groups in total. The number of aliphatic carboxylic acids is 1. The van der Waals surface area contributed by atoms with Gasteiger partial charge in [-0.05, 0) is 10.8 Å². The molecule has 1 heterocycles. The van der Waals surface area contributed by atoms with Crippen molar-refractivity contribution in [3.8, 4) is 0 Å². The lowest BCUT2D eigenvalue weighted by Gasteiger charge is -2.08. The summed E-state index contributed by atoms with van der Waals surface area (Å²) in [7, 11) is 0.